The van der Waals surface area contributed by atoms with Crippen LogP contribution in [0.25, 0.3) is 22.0 Å². The van der Waals surface area contributed by atoms with E-state index in [1.165, 1.54) is 19.3 Å². The molecular formula is C27H29N3O3. The number of pyridine rings is 2. The van der Waals surface area contributed by atoms with Gasteiger partial charge in [-0.15, -0.1) is 0 Å². The van der Waals surface area contributed by atoms with E-state index in [0.717, 1.165) is 51.7 Å². The minimum Gasteiger partial charge on any atom is -0.496 e. The van der Waals surface area contributed by atoms with Gasteiger partial charge in [-0.1, -0.05) is 30.5 Å². The highest BCUT2D eigenvalue weighted by Crippen LogP contribution is 2.41. The Labute approximate surface area is 193 Å². The van der Waals surface area contributed by atoms with Gasteiger partial charge in [0.1, 0.15) is 11.5 Å². The Balaban J connectivity index is 1.85. The van der Waals surface area contributed by atoms with Gasteiger partial charge in [0.05, 0.1) is 36.0 Å². The van der Waals surface area contributed by atoms with Crippen molar-refractivity contribution in [2.75, 3.05) is 7.11 Å². The van der Waals surface area contributed by atoms with Gasteiger partial charge in [-0.05, 0) is 67.8 Å². The number of ether oxygens (including phenoxy) is 1. The van der Waals surface area contributed by atoms with Gasteiger partial charge in [0, 0.05) is 18.0 Å². The second kappa shape index (κ2) is 8.85. The Morgan fingerprint density at radius 2 is 1.94 bits per heavy atom. The highest BCUT2D eigenvalue weighted by atomic mass is 16.5. The molecule has 1 fully saturated rings. The summed E-state index contributed by atoms with van der Waals surface area (Å²) < 4.78 is 13.2. The van der Waals surface area contributed by atoms with Crippen LogP contribution in [0.1, 0.15) is 60.6 Å². The third-order valence-corrected chi connectivity index (χ3v) is 6.86. The summed E-state index contributed by atoms with van der Waals surface area (Å²) in [4.78, 5) is 18.3. The molecule has 1 aromatic carbocycles. The first-order valence-corrected chi connectivity index (χ1v) is 11.6. The normalized spacial score (nSPS) is 14.6. The number of hydrogen-bond acceptors (Lipinski definition) is 5. The predicted molar refractivity (Wildman–Crippen MR) is 129 cm³/mol. The monoisotopic (exact) mass is 443 g/mol. The molecule has 4 aromatic rings. The van der Waals surface area contributed by atoms with Crippen molar-refractivity contribution in [1.82, 2.24) is 14.7 Å². The average molecular weight is 444 g/mol. The topological polar surface area (TPSA) is 70.2 Å². The lowest BCUT2D eigenvalue weighted by Gasteiger charge is -2.24. The van der Waals surface area contributed by atoms with Crippen LogP contribution in [0.15, 0.2) is 52.0 Å². The molecule has 170 valence electrons. The van der Waals surface area contributed by atoms with Crippen LogP contribution in [-0.2, 0) is 6.54 Å². The molecule has 0 bridgehead atoms. The quantitative estimate of drug-likeness (QED) is 0.391. The van der Waals surface area contributed by atoms with Gasteiger partial charge >= 0.3 is 0 Å². The maximum absolute atomic E-state index is 14.0. The zero-order chi connectivity index (χ0) is 22.9. The van der Waals surface area contributed by atoms with Crippen LogP contribution in [0.5, 0.6) is 5.75 Å². The molecule has 0 saturated heterocycles. The number of aromatic nitrogens is 3. The Bertz CT molecular complexity index is 1330. The molecule has 0 radical (unpaired) electrons. The van der Waals surface area contributed by atoms with E-state index in [2.05, 4.69) is 22.3 Å². The summed E-state index contributed by atoms with van der Waals surface area (Å²) in [5, 5.41) is 5.20. The number of rotatable bonds is 5. The fourth-order valence-electron chi connectivity index (χ4n) is 5.27. The van der Waals surface area contributed by atoms with Gasteiger partial charge in [0.2, 0.25) is 0 Å². The summed E-state index contributed by atoms with van der Waals surface area (Å²) in [7, 11) is 1.66. The predicted octanol–water partition coefficient (Wildman–Crippen LogP) is 5.77. The molecule has 0 N–H and O–H groups in total. The minimum absolute atomic E-state index is 0.0690. The summed E-state index contributed by atoms with van der Waals surface area (Å²) in [5.74, 6) is 1.71. The molecule has 0 amide bonds. The highest BCUT2D eigenvalue weighted by molar-refractivity contribution is 5.98. The summed E-state index contributed by atoms with van der Waals surface area (Å²) >= 11 is 0. The first-order chi connectivity index (χ1) is 16.1. The molecule has 6 nitrogen and oxygen atoms in total. The zero-order valence-electron chi connectivity index (χ0n) is 19.4. The third kappa shape index (κ3) is 3.84. The SMILES string of the molecule is COc1ccc2cc(C3CCCCC3)c(=O)n(Cc3cccnc3)c2c1-c1c(C)noc1C. The van der Waals surface area contributed by atoms with E-state index in [1.807, 2.05) is 42.8 Å². The van der Waals surface area contributed by atoms with Crippen molar-refractivity contribution in [2.45, 2.75) is 58.4 Å². The molecular weight excluding hydrogens is 414 g/mol. The Hall–Kier alpha value is -3.41. The molecule has 6 heteroatoms. The molecule has 3 aromatic heterocycles. The lowest BCUT2D eigenvalue weighted by Crippen LogP contribution is -2.27. The van der Waals surface area contributed by atoms with Crippen LogP contribution >= 0.6 is 0 Å². The van der Waals surface area contributed by atoms with Crippen LogP contribution in [0, 0.1) is 13.8 Å². The fourth-order valence-corrected chi connectivity index (χ4v) is 5.27. The van der Waals surface area contributed by atoms with Crippen molar-refractivity contribution < 1.29 is 9.26 Å². The molecule has 5 rings (SSSR count). The summed E-state index contributed by atoms with van der Waals surface area (Å²) in [6.45, 7) is 4.25. The van der Waals surface area contributed by atoms with E-state index in [9.17, 15) is 4.79 Å². The summed E-state index contributed by atoms with van der Waals surface area (Å²) in [6.07, 6.45) is 9.32. The van der Waals surface area contributed by atoms with Crippen LogP contribution in [0.2, 0.25) is 0 Å². The Morgan fingerprint density at radius 1 is 1.12 bits per heavy atom. The molecule has 0 spiro atoms. The highest BCUT2D eigenvalue weighted by Gasteiger charge is 2.25. The van der Waals surface area contributed by atoms with Crippen molar-refractivity contribution in [2.24, 2.45) is 0 Å². The van der Waals surface area contributed by atoms with E-state index < -0.39 is 0 Å². The molecule has 1 aliphatic rings. The number of hydrogen-bond donors (Lipinski definition) is 0. The number of fused-ring (bicyclic) bond motifs is 1. The van der Waals surface area contributed by atoms with Crippen molar-refractivity contribution in [3.8, 4) is 16.9 Å². The molecule has 33 heavy (non-hydrogen) atoms. The maximum atomic E-state index is 14.0. The Kier molecular flexibility index (Phi) is 5.75. The van der Waals surface area contributed by atoms with Crippen molar-refractivity contribution in [3.05, 3.63) is 75.7 Å². The van der Waals surface area contributed by atoms with Gasteiger partial charge in [0.15, 0.2) is 0 Å². The molecule has 0 unspecified atom stereocenters. The summed E-state index contributed by atoms with van der Waals surface area (Å²) in [6, 6.07) is 10.1. The number of benzene rings is 1. The number of aryl methyl sites for hydroxylation is 2. The second-order valence-corrected chi connectivity index (χ2v) is 8.97. The minimum atomic E-state index is 0.0690. The van der Waals surface area contributed by atoms with E-state index in [4.69, 9.17) is 9.26 Å². The number of nitrogens with zero attached hydrogens (tertiary/aromatic N) is 3. The van der Waals surface area contributed by atoms with Gasteiger partial charge in [-0.3, -0.25) is 9.78 Å². The van der Waals surface area contributed by atoms with Crippen LogP contribution in [0.4, 0.5) is 0 Å². The van der Waals surface area contributed by atoms with Gasteiger partial charge in [0.25, 0.3) is 5.56 Å². The van der Waals surface area contributed by atoms with Gasteiger partial charge in [-0.2, -0.15) is 0 Å². The van der Waals surface area contributed by atoms with Crippen LogP contribution in [-0.4, -0.2) is 21.8 Å². The van der Waals surface area contributed by atoms with E-state index in [-0.39, 0.29) is 5.56 Å². The maximum Gasteiger partial charge on any atom is 0.254 e. The largest absolute Gasteiger partial charge is 0.496 e. The average Bonchev–Trinajstić information content (AvgIpc) is 3.18. The van der Waals surface area contributed by atoms with Gasteiger partial charge in [-0.25, -0.2) is 0 Å². The smallest absolute Gasteiger partial charge is 0.254 e. The number of methoxy groups -OCH3 is 1. The lowest BCUT2D eigenvalue weighted by atomic mass is 9.84. The first-order valence-electron chi connectivity index (χ1n) is 11.6. The van der Waals surface area contributed by atoms with Gasteiger partial charge < -0.3 is 13.8 Å². The standard InChI is InChI=1S/C27H29N3O3/c1-17-24(18(2)33-29-17)25-23(32-3)12-11-21-14-22(20-9-5-4-6-10-20)27(31)30(26(21)25)16-19-8-7-13-28-15-19/h7-8,11-15,20H,4-6,9-10,16H2,1-3H3. The first kappa shape index (κ1) is 21.4. The molecule has 0 atom stereocenters. The van der Waals surface area contributed by atoms with E-state index in [0.29, 0.717) is 24.0 Å². The van der Waals surface area contributed by atoms with Crippen molar-refractivity contribution in [3.63, 3.8) is 0 Å². The fraction of sp³-hybridized carbons (Fsp3) is 0.370. The lowest BCUT2D eigenvalue weighted by molar-refractivity contribution is 0.393. The molecule has 0 aliphatic heterocycles. The van der Waals surface area contributed by atoms with Crippen molar-refractivity contribution in [1.29, 1.82) is 0 Å². The third-order valence-electron chi connectivity index (χ3n) is 6.86. The zero-order valence-corrected chi connectivity index (χ0v) is 19.4. The van der Waals surface area contributed by atoms with Crippen LogP contribution < -0.4 is 10.3 Å². The molecule has 3 heterocycles. The second-order valence-electron chi connectivity index (χ2n) is 8.97. The summed E-state index contributed by atoms with van der Waals surface area (Å²) in [5.41, 5.74) is 5.31. The molecule has 1 saturated carbocycles. The van der Waals surface area contributed by atoms with Crippen LogP contribution in [0.3, 0.4) is 0 Å². The van der Waals surface area contributed by atoms with E-state index in [1.54, 1.807) is 13.3 Å². The van der Waals surface area contributed by atoms with Crippen molar-refractivity contribution >= 4 is 10.9 Å². The molecule has 1 aliphatic carbocycles. The van der Waals surface area contributed by atoms with E-state index >= 15 is 0 Å². The Morgan fingerprint density at radius 3 is 2.61 bits per heavy atom.